The number of hydrogen-bond donors (Lipinski definition) is 1. The van der Waals surface area contributed by atoms with Crippen LogP contribution < -0.4 is 10.9 Å². The molecule has 0 aliphatic rings. The molecule has 3 aromatic rings. The highest BCUT2D eigenvalue weighted by atomic mass is 32.2. The lowest BCUT2D eigenvalue weighted by atomic mass is 10.1. The zero-order chi connectivity index (χ0) is 20.3. The summed E-state index contributed by atoms with van der Waals surface area (Å²) in [4.78, 5) is 30.2. The van der Waals surface area contributed by atoms with Crippen molar-refractivity contribution in [3.8, 4) is 5.69 Å². The van der Waals surface area contributed by atoms with E-state index in [9.17, 15) is 9.59 Å². The predicted molar refractivity (Wildman–Crippen MR) is 115 cm³/mol. The van der Waals surface area contributed by atoms with E-state index in [4.69, 9.17) is 4.98 Å². The van der Waals surface area contributed by atoms with Crippen LogP contribution in [0.3, 0.4) is 0 Å². The molecule has 0 unspecified atom stereocenters. The number of para-hydroxylation sites is 1. The van der Waals surface area contributed by atoms with Crippen LogP contribution in [0.4, 0.5) is 0 Å². The van der Waals surface area contributed by atoms with E-state index in [0.717, 1.165) is 16.8 Å². The Bertz CT molecular complexity index is 1070. The van der Waals surface area contributed by atoms with Gasteiger partial charge in [-0.05, 0) is 49.1 Å². The molecule has 0 saturated heterocycles. The molecule has 0 fully saturated rings. The summed E-state index contributed by atoms with van der Waals surface area (Å²) in [6.45, 7) is 8.70. The molecule has 1 heterocycles. The fourth-order valence-corrected chi connectivity index (χ4v) is 3.72. The molecule has 146 valence electrons. The molecule has 3 rings (SSSR count). The zero-order valence-electron chi connectivity index (χ0n) is 16.7. The number of nitrogens with zero attached hydrogens (tertiary/aromatic N) is 2. The summed E-state index contributed by atoms with van der Waals surface area (Å²) < 4.78 is 1.63. The minimum absolute atomic E-state index is 0.0615. The number of rotatable bonds is 6. The highest BCUT2D eigenvalue weighted by Crippen LogP contribution is 2.23. The van der Waals surface area contributed by atoms with E-state index in [2.05, 4.69) is 19.2 Å². The molecule has 1 N–H and O–H groups in total. The summed E-state index contributed by atoms with van der Waals surface area (Å²) in [5.74, 6) is 0.539. The van der Waals surface area contributed by atoms with Gasteiger partial charge in [0.05, 0.1) is 22.3 Å². The topological polar surface area (TPSA) is 64.0 Å². The Balaban J connectivity index is 2.06. The van der Waals surface area contributed by atoms with Crippen molar-refractivity contribution >= 4 is 28.6 Å². The van der Waals surface area contributed by atoms with Gasteiger partial charge in [0.1, 0.15) is 0 Å². The molecule has 5 nitrogen and oxygen atoms in total. The van der Waals surface area contributed by atoms with Gasteiger partial charge < -0.3 is 5.32 Å². The maximum atomic E-state index is 13.3. The lowest BCUT2D eigenvalue weighted by Gasteiger charge is -2.16. The van der Waals surface area contributed by atoms with Gasteiger partial charge in [0.25, 0.3) is 5.56 Å². The van der Waals surface area contributed by atoms with E-state index in [0.29, 0.717) is 28.5 Å². The second-order valence-corrected chi connectivity index (χ2v) is 8.27. The number of aromatic nitrogens is 2. The van der Waals surface area contributed by atoms with Crippen LogP contribution in [-0.2, 0) is 4.79 Å². The summed E-state index contributed by atoms with van der Waals surface area (Å²) in [5.41, 5.74) is 3.36. The Morgan fingerprint density at radius 2 is 1.93 bits per heavy atom. The van der Waals surface area contributed by atoms with Gasteiger partial charge in [-0.15, -0.1) is 0 Å². The highest BCUT2D eigenvalue weighted by molar-refractivity contribution is 7.99. The van der Waals surface area contributed by atoms with Crippen molar-refractivity contribution in [1.82, 2.24) is 14.9 Å². The van der Waals surface area contributed by atoms with Crippen molar-refractivity contribution in [1.29, 1.82) is 0 Å². The average molecular weight is 396 g/mol. The molecule has 0 spiro atoms. The van der Waals surface area contributed by atoms with Gasteiger partial charge in [0.15, 0.2) is 5.16 Å². The molecule has 0 saturated carbocycles. The van der Waals surface area contributed by atoms with E-state index >= 15 is 0 Å². The first-order chi connectivity index (χ1) is 13.4. The molecule has 0 radical (unpaired) electrons. The van der Waals surface area contributed by atoms with E-state index < -0.39 is 0 Å². The van der Waals surface area contributed by atoms with Crippen molar-refractivity contribution in [3.63, 3.8) is 0 Å². The Morgan fingerprint density at radius 1 is 1.18 bits per heavy atom. The molecule has 6 heteroatoms. The first-order valence-corrected chi connectivity index (χ1v) is 10.3. The zero-order valence-corrected chi connectivity index (χ0v) is 17.5. The molecular formula is C22H25N3O2S. The lowest BCUT2D eigenvalue weighted by molar-refractivity contribution is -0.118. The van der Waals surface area contributed by atoms with E-state index in [-0.39, 0.29) is 17.2 Å². The minimum atomic E-state index is -0.121. The number of nitrogens with one attached hydrogen (secondary N) is 1. The molecule has 28 heavy (non-hydrogen) atoms. The number of thioether (sulfide) groups is 1. The third-order valence-electron chi connectivity index (χ3n) is 4.39. The van der Waals surface area contributed by atoms with Crippen LogP contribution in [0.5, 0.6) is 0 Å². The third kappa shape index (κ3) is 4.44. The number of carbonyl (C=O) groups excluding carboxylic acids is 1. The number of carbonyl (C=O) groups is 1. The van der Waals surface area contributed by atoms with Crippen LogP contribution in [0.25, 0.3) is 16.6 Å². The fraction of sp³-hybridized carbons (Fsp3) is 0.318. The second kappa shape index (κ2) is 8.61. The first kappa shape index (κ1) is 20.1. The monoisotopic (exact) mass is 395 g/mol. The Morgan fingerprint density at radius 3 is 2.68 bits per heavy atom. The van der Waals surface area contributed by atoms with Crippen LogP contribution in [0, 0.1) is 19.8 Å². The van der Waals surface area contributed by atoms with Crippen molar-refractivity contribution in [2.24, 2.45) is 5.92 Å². The first-order valence-electron chi connectivity index (χ1n) is 9.35. The summed E-state index contributed by atoms with van der Waals surface area (Å²) in [6.07, 6.45) is 0. The van der Waals surface area contributed by atoms with Gasteiger partial charge in [-0.1, -0.05) is 49.9 Å². The Labute approximate surface area is 169 Å². The van der Waals surface area contributed by atoms with Gasteiger partial charge in [-0.2, -0.15) is 0 Å². The molecular weight excluding hydrogens is 370 g/mol. The number of benzene rings is 2. The number of fused-ring (bicyclic) bond motifs is 1. The number of hydrogen-bond acceptors (Lipinski definition) is 4. The average Bonchev–Trinajstić information content (AvgIpc) is 2.67. The molecule has 0 atom stereocenters. The standard InChI is InChI=1S/C22H25N3O2S/c1-14(2)12-23-20(26)13-28-22-24-18-8-6-5-7-17(18)21(27)25(22)19-11-15(3)9-10-16(19)4/h5-11,14H,12-13H2,1-4H3,(H,23,26). The van der Waals surface area contributed by atoms with Crippen LogP contribution in [0.15, 0.2) is 52.4 Å². The largest absolute Gasteiger partial charge is 0.355 e. The van der Waals surface area contributed by atoms with Crippen molar-refractivity contribution in [2.75, 3.05) is 12.3 Å². The summed E-state index contributed by atoms with van der Waals surface area (Å²) >= 11 is 1.29. The van der Waals surface area contributed by atoms with Crippen molar-refractivity contribution in [2.45, 2.75) is 32.9 Å². The number of aryl methyl sites for hydroxylation is 2. The molecule has 0 bridgehead atoms. The maximum Gasteiger partial charge on any atom is 0.266 e. The lowest BCUT2D eigenvalue weighted by Crippen LogP contribution is -2.29. The molecule has 1 aromatic heterocycles. The van der Waals surface area contributed by atoms with Gasteiger partial charge in [-0.3, -0.25) is 14.2 Å². The third-order valence-corrected chi connectivity index (χ3v) is 5.33. The summed E-state index contributed by atoms with van der Waals surface area (Å²) in [7, 11) is 0. The fourth-order valence-electron chi connectivity index (χ4n) is 2.88. The minimum Gasteiger partial charge on any atom is -0.355 e. The van der Waals surface area contributed by atoms with E-state index in [1.807, 2.05) is 50.2 Å². The normalized spacial score (nSPS) is 11.2. The Kier molecular flexibility index (Phi) is 6.19. The van der Waals surface area contributed by atoms with Gasteiger partial charge in [0, 0.05) is 6.54 Å². The molecule has 1 amide bonds. The van der Waals surface area contributed by atoms with E-state index in [1.165, 1.54) is 11.8 Å². The van der Waals surface area contributed by atoms with Gasteiger partial charge in [-0.25, -0.2) is 4.98 Å². The SMILES string of the molecule is Cc1ccc(C)c(-n2c(SCC(=O)NCC(C)C)nc3ccccc3c2=O)c1. The quantitative estimate of drug-likeness (QED) is 0.508. The van der Waals surface area contributed by atoms with Crippen LogP contribution >= 0.6 is 11.8 Å². The van der Waals surface area contributed by atoms with Gasteiger partial charge in [0.2, 0.25) is 5.91 Å². The van der Waals surface area contributed by atoms with Crippen LogP contribution in [0.2, 0.25) is 0 Å². The predicted octanol–water partition coefficient (Wildman–Crippen LogP) is 3.87. The second-order valence-electron chi connectivity index (χ2n) is 7.33. The van der Waals surface area contributed by atoms with Crippen LogP contribution in [0.1, 0.15) is 25.0 Å². The highest BCUT2D eigenvalue weighted by Gasteiger charge is 2.16. The molecule has 0 aliphatic heterocycles. The number of amides is 1. The molecule has 0 aliphatic carbocycles. The van der Waals surface area contributed by atoms with Crippen molar-refractivity contribution < 1.29 is 4.79 Å². The van der Waals surface area contributed by atoms with Crippen molar-refractivity contribution in [3.05, 3.63) is 63.9 Å². The van der Waals surface area contributed by atoms with Gasteiger partial charge >= 0.3 is 0 Å². The molecule has 2 aromatic carbocycles. The summed E-state index contributed by atoms with van der Waals surface area (Å²) in [6, 6.07) is 13.3. The maximum absolute atomic E-state index is 13.3. The summed E-state index contributed by atoms with van der Waals surface area (Å²) in [5, 5.41) is 4.00. The smallest absolute Gasteiger partial charge is 0.266 e. The van der Waals surface area contributed by atoms with E-state index in [1.54, 1.807) is 10.6 Å². The van der Waals surface area contributed by atoms with Crippen LogP contribution in [-0.4, -0.2) is 27.8 Å². The Hall–Kier alpha value is -2.60.